The van der Waals surface area contributed by atoms with E-state index in [1.165, 1.54) is 22.0 Å². The smallest absolute Gasteiger partial charge is 0.251 e. The van der Waals surface area contributed by atoms with E-state index in [1.54, 1.807) is 12.1 Å². The molecule has 1 N–H and O–H groups in total. The monoisotopic (exact) mass is 402 g/mol. The number of nitrogens with zero attached hydrogens (tertiary/aromatic N) is 1. The topological polar surface area (TPSA) is 75.7 Å². The molecule has 0 saturated carbocycles. The first-order valence-corrected chi connectivity index (χ1v) is 10.9. The Bertz CT molecular complexity index is 902. The van der Waals surface area contributed by atoms with Crippen LogP contribution in [0.4, 0.5) is 0 Å². The van der Waals surface area contributed by atoms with Gasteiger partial charge in [-0.05, 0) is 43.2 Å². The van der Waals surface area contributed by atoms with Crippen molar-refractivity contribution >= 4 is 15.9 Å². The van der Waals surface area contributed by atoms with Gasteiger partial charge in [0.15, 0.2) is 0 Å². The number of ether oxygens (including phenoxy) is 1. The summed E-state index contributed by atoms with van der Waals surface area (Å²) in [6.45, 7) is 5.53. The first-order chi connectivity index (χ1) is 13.4. The second kappa shape index (κ2) is 8.86. The average molecular weight is 403 g/mol. The maximum atomic E-state index is 12.7. The van der Waals surface area contributed by atoms with Crippen LogP contribution in [0.5, 0.6) is 0 Å². The molecule has 0 radical (unpaired) electrons. The Morgan fingerprint density at radius 2 is 1.68 bits per heavy atom. The summed E-state index contributed by atoms with van der Waals surface area (Å²) in [5.74, 6) is -0.220. The molecular formula is C21H26N2O4S. The Labute approximate surface area is 166 Å². The van der Waals surface area contributed by atoms with Crippen molar-refractivity contribution in [2.45, 2.75) is 31.2 Å². The molecular weight excluding hydrogens is 376 g/mol. The fourth-order valence-corrected chi connectivity index (χ4v) is 4.58. The number of sulfonamides is 1. The highest BCUT2D eigenvalue weighted by molar-refractivity contribution is 7.89. The molecule has 1 saturated heterocycles. The molecule has 6 nitrogen and oxygen atoms in total. The van der Waals surface area contributed by atoms with Gasteiger partial charge in [0, 0.05) is 18.7 Å². The van der Waals surface area contributed by atoms with Gasteiger partial charge >= 0.3 is 0 Å². The number of morpholine rings is 1. The van der Waals surface area contributed by atoms with Gasteiger partial charge in [-0.2, -0.15) is 4.31 Å². The summed E-state index contributed by atoms with van der Waals surface area (Å²) in [6.07, 6.45) is 0.762. The largest absolute Gasteiger partial charge is 0.379 e. The molecule has 1 fully saturated rings. The van der Waals surface area contributed by atoms with Crippen LogP contribution in [0.15, 0.2) is 53.4 Å². The SMILES string of the molecule is CC[C@H](NC(=O)c1ccc(S(=O)(=O)N2CCOCC2)cc1)c1ccc(C)cc1. The Balaban J connectivity index is 1.71. The first kappa shape index (κ1) is 20.5. The molecule has 0 unspecified atom stereocenters. The number of benzene rings is 2. The van der Waals surface area contributed by atoms with E-state index in [9.17, 15) is 13.2 Å². The van der Waals surface area contributed by atoms with Crippen LogP contribution in [-0.4, -0.2) is 44.9 Å². The molecule has 7 heteroatoms. The second-order valence-electron chi connectivity index (χ2n) is 6.89. The second-order valence-corrected chi connectivity index (χ2v) is 8.82. The van der Waals surface area contributed by atoms with E-state index in [4.69, 9.17) is 4.74 Å². The van der Waals surface area contributed by atoms with Gasteiger partial charge in [-0.1, -0.05) is 36.8 Å². The summed E-state index contributed by atoms with van der Waals surface area (Å²) in [4.78, 5) is 12.8. The molecule has 1 amide bonds. The van der Waals surface area contributed by atoms with Gasteiger partial charge in [0.1, 0.15) is 0 Å². The third kappa shape index (κ3) is 4.60. The minimum absolute atomic E-state index is 0.0927. The minimum atomic E-state index is -3.56. The number of hydrogen-bond acceptors (Lipinski definition) is 4. The van der Waals surface area contributed by atoms with Crippen molar-refractivity contribution in [3.63, 3.8) is 0 Å². The minimum Gasteiger partial charge on any atom is -0.379 e. The highest BCUT2D eigenvalue weighted by Crippen LogP contribution is 2.20. The predicted octanol–water partition coefficient (Wildman–Crippen LogP) is 2.90. The zero-order chi connectivity index (χ0) is 20.1. The number of aryl methyl sites for hydroxylation is 1. The molecule has 1 aliphatic rings. The Morgan fingerprint density at radius 1 is 1.07 bits per heavy atom. The van der Waals surface area contributed by atoms with Crippen molar-refractivity contribution in [3.8, 4) is 0 Å². The quantitative estimate of drug-likeness (QED) is 0.806. The number of amides is 1. The van der Waals surface area contributed by atoms with E-state index < -0.39 is 10.0 Å². The summed E-state index contributed by atoms with van der Waals surface area (Å²) in [6, 6.07) is 14.1. The average Bonchev–Trinajstić information content (AvgIpc) is 2.73. The van der Waals surface area contributed by atoms with Crippen LogP contribution >= 0.6 is 0 Å². The fourth-order valence-electron chi connectivity index (χ4n) is 3.18. The molecule has 1 heterocycles. The lowest BCUT2D eigenvalue weighted by Crippen LogP contribution is -2.40. The van der Waals surface area contributed by atoms with Crippen LogP contribution in [0.2, 0.25) is 0 Å². The van der Waals surface area contributed by atoms with Gasteiger partial charge in [-0.3, -0.25) is 4.79 Å². The molecule has 0 spiro atoms. The molecule has 3 rings (SSSR count). The Hall–Kier alpha value is -2.22. The zero-order valence-electron chi connectivity index (χ0n) is 16.2. The van der Waals surface area contributed by atoms with Crippen LogP contribution in [0, 0.1) is 6.92 Å². The highest BCUT2D eigenvalue weighted by Gasteiger charge is 2.26. The molecule has 0 bridgehead atoms. The Kier molecular flexibility index (Phi) is 6.49. The van der Waals surface area contributed by atoms with E-state index >= 15 is 0 Å². The van der Waals surface area contributed by atoms with Crippen molar-refractivity contribution in [2.75, 3.05) is 26.3 Å². The van der Waals surface area contributed by atoms with Crippen molar-refractivity contribution in [1.29, 1.82) is 0 Å². The summed E-state index contributed by atoms with van der Waals surface area (Å²) in [5.41, 5.74) is 2.65. The maximum Gasteiger partial charge on any atom is 0.251 e. The molecule has 2 aromatic rings. The van der Waals surface area contributed by atoms with Crippen molar-refractivity contribution in [1.82, 2.24) is 9.62 Å². The first-order valence-electron chi connectivity index (χ1n) is 9.47. The lowest BCUT2D eigenvalue weighted by Gasteiger charge is -2.26. The van der Waals surface area contributed by atoms with Crippen LogP contribution in [0.3, 0.4) is 0 Å². The summed E-state index contributed by atoms with van der Waals surface area (Å²) in [7, 11) is -3.56. The van der Waals surface area contributed by atoms with E-state index in [0.717, 1.165) is 12.0 Å². The molecule has 28 heavy (non-hydrogen) atoms. The Morgan fingerprint density at radius 3 is 2.25 bits per heavy atom. The standard InChI is InChI=1S/C21H26N2O4S/c1-3-20(17-6-4-16(2)5-7-17)22-21(24)18-8-10-19(11-9-18)28(25,26)23-12-14-27-15-13-23/h4-11,20H,3,12-15H2,1-2H3,(H,22,24)/t20-/m0/s1. The number of nitrogens with one attached hydrogen (secondary N) is 1. The van der Waals surface area contributed by atoms with E-state index in [-0.39, 0.29) is 16.8 Å². The van der Waals surface area contributed by atoms with Gasteiger partial charge in [-0.15, -0.1) is 0 Å². The normalized spacial score (nSPS) is 16.5. The maximum absolute atomic E-state index is 12.7. The van der Waals surface area contributed by atoms with Crippen molar-refractivity contribution < 1.29 is 17.9 Å². The highest BCUT2D eigenvalue weighted by atomic mass is 32.2. The lowest BCUT2D eigenvalue weighted by molar-refractivity contribution is 0.0730. The zero-order valence-corrected chi connectivity index (χ0v) is 17.0. The third-order valence-electron chi connectivity index (χ3n) is 4.92. The van der Waals surface area contributed by atoms with Crippen molar-refractivity contribution in [2.24, 2.45) is 0 Å². The predicted molar refractivity (Wildman–Crippen MR) is 108 cm³/mol. The van der Waals surface area contributed by atoms with Crippen LogP contribution in [0.25, 0.3) is 0 Å². The van der Waals surface area contributed by atoms with Crippen LogP contribution in [-0.2, 0) is 14.8 Å². The molecule has 0 aliphatic carbocycles. The van der Waals surface area contributed by atoms with Gasteiger partial charge in [0.25, 0.3) is 5.91 Å². The number of rotatable bonds is 6. The van der Waals surface area contributed by atoms with Gasteiger partial charge < -0.3 is 10.1 Å². The van der Waals surface area contributed by atoms with E-state index in [2.05, 4.69) is 5.32 Å². The molecule has 150 valence electrons. The summed E-state index contributed by atoms with van der Waals surface area (Å²) < 4.78 is 32.0. The summed E-state index contributed by atoms with van der Waals surface area (Å²) >= 11 is 0. The lowest BCUT2D eigenvalue weighted by atomic mass is 10.0. The fraction of sp³-hybridized carbons (Fsp3) is 0.381. The van der Waals surface area contributed by atoms with E-state index in [1.807, 2.05) is 38.1 Å². The molecule has 1 atom stereocenters. The molecule has 0 aromatic heterocycles. The molecule has 2 aromatic carbocycles. The van der Waals surface area contributed by atoms with Crippen molar-refractivity contribution in [3.05, 3.63) is 65.2 Å². The van der Waals surface area contributed by atoms with Gasteiger partial charge in [-0.25, -0.2) is 8.42 Å². The number of hydrogen-bond donors (Lipinski definition) is 1. The van der Waals surface area contributed by atoms with Gasteiger partial charge in [0.05, 0.1) is 24.2 Å². The number of carbonyl (C=O) groups excluding carboxylic acids is 1. The van der Waals surface area contributed by atoms with Gasteiger partial charge in [0.2, 0.25) is 10.0 Å². The number of carbonyl (C=O) groups is 1. The molecule has 1 aliphatic heterocycles. The summed E-state index contributed by atoms with van der Waals surface area (Å²) in [5, 5.41) is 3.02. The third-order valence-corrected chi connectivity index (χ3v) is 6.83. The van der Waals surface area contributed by atoms with E-state index in [0.29, 0.717) is 31.9 Å². The van der Waals surface area contributed by atoms with Crippen LogP contribution in [0.1, 0.15) is 40.9 Å². The van der Waals surface area contributed by atoms with Crippen LogP contribution < -0.4 is 5.32 Å².